The molecular weight excluding hydrogens is 482 g/mol. The number of rotatable bonds is 9. The van der Waals surface area contributed by atoms with Gasteiger partial charge in [0, 0.05) is 24.9 Å². The molecule has 0 spiro atoms. The van der Waals surface area contributed by atoms with Crippen LogP contribution in [0.1, 0.15) is 41.9 Å². The van der Waals surface area contributed by atoms with E-state index >= 15 is 0 Å². The third kappa shape index (κ3) is 6.70. The van der Waals surface area contributed by atoms with Gasteiger partial charge in [-0.15, -0.1) is 16.7 Å². The van der Waals surface area contributed by atoms with Crippen molar-refractivity contribution >= 4 is 41.0 Å². The smallest absolute Gasteiger partial charge is 0.338 e. The van der Waals surface area contributed by atoms with Crippen LogP contribution in [0.2, 0.25) is 0 Å². The van der Waals surface area contributed by atoms with Gasteiger partial charge in [-0.2, -0.15) is 0 Å². The molecular formula is C26H31N3O6S. The lowest BCUT2D eigenvalue weighted by Gasteiger charge is -2.28. The largest absolute Gasteiger partial charge is 0.462 e. The number of ether oxygens (including phenoxy) is 2. The summed E-state index contributed by atoms with van der Waals surface area (Å²) in [6, 6.07) is 11.6. The lowest BCUT2D eigenvalue weighted by Crippen LogP contribution is -2.45. The molecule has 2 atom stereocenters. The summed E-state index contributed by atoms with van der Waals surface area (Å²) in [4.78, 5) is 53.8. The minimum atomic E-state index is -1.12. The molecule has 192 valence electrons. The first-order valence-electron chi connectivity index (χ1n) is 11.6. The third-order valence-electron chi connectivity index (χ3n) is 5.46. The zero-order valence-corrected chi connectivity index (χ0v) is 21.9. The Morgan fingerprint density at radius 3 is 2.42 bits per heavy atom. The number of nitroso groups, excluding NO2 is 1. The van der Waals surface area contributed by atoms with E-state index in [-0.39, 0.29) is 18.2 Å². The predicted octanol–water partition coefficient (Wildman–Crippen LogP) is 4.57. The lowest BCUT2D eigenvalue weighted by molar-refractivity contribution is -0.152. The highest BCUT2D eigenvalue weighted by atomic mass is 32.2. The molecule has 1 heterocycles. The SMILES string of the molecule is CC(=O)OC1C(=O)N(CCN(C)C)c2cc(C(=O)OCC(C)C)ccc2SC1c1ccc(N=O)cc1. The number of fused-ring (bicyclic) bond motifs is 1. The molecule has 0 aromatic heterocycles. The number of hydrogen-bond donors (Lipinski definition) is 0. The second-order valence-electron chi connectivity index (χ2n) is 9.22. The van der Waals surface area contributed by atoms with Gasteiger partial charge in [0.1, 0.15) is 5.69 Å². The van der Waals surface area contributed by atoms with E-state index in [1.165, 1.54) is 18.7 Å². The molecule has 2 aromatic rings. The normalized spacial score (nSPS) is 17.5. The summed E-state index contributed by atoms with van der Waals surface area (Å²) in [7, 11) is 3.79. The van der Waals surface area contributed by atoms with E-state index < -0.39 is 29.2 Å². The van der Waals surface area contributed by atoms with Gasteiger partial charge in [0.25, 0.3) is 5.91 Å². The van der Waals surface area contributed by atoms with E-state index in [0.717, 1.165) is 4.90 Å². The van der Waals surface area contributed by atoms with Gasteiger partial charge in [-0.1, -0.05) is 26.0 Å². The molecule has 2 unspecified atom stereocenters. The molecule has 0 N–H and O–H groups in total. The van der Waals surface area contributed by atoms with Crippen molar-refractivity contribution in [2.75, 3.05) is 38.7 Å². The molecule has 0 aliphatic carbocycles. The fraction of sp³-hybridized carbons (Fsp3) is 0.423. The predicted molar refractivity (Wildman–Crippen MR) is 139 cm³/mol. The minimum absolute atomic E-state index is 0.189. The van der Waals surface area contributed by atoms with Gasteiger partial charge in [-0.05, 0) is 61.1 Å². The molecule has 1 amide bonds. The maximum Gasteiger partial charge on any atom is 0.338 e. The van der Waals surface area contributed by atoms with Crippen molar-refractivity contribution < 1.29 is 23.9 Å². The molecule has 0 radical (unpaired) electrons. The Hall–Kier alpha value is -3.24. The minimum Gasteiger partial charge on any atom is -0.462 e. The van der Waals surface area contributed by atoms with Gasteiger partial charge in [-0.3, -0.25) is 9.59 Å². The Bertz CT molecular complexity index is 1120. The standard InChI is InChI=1S/C26H31N3O6S/c1-16(2)15-34-26(32)19-8-11-22-21(14-19)29(13-12-28(4)5)25(31)23(35-17(3)30)24(36-22)18-6-9-20(27-33)10-7-18/h6-11,14,16,23-24H,12-13,15H2,1-5H3. The number of hydrogen-bond acceptors (Lipinski definition) is 9. The van der Waals surface area contributed by atoms with Gasteiger partial charge in [-0.25, -0.2) is 4.79 Å². The highest BCUT2D eigenvalue weighted by Gasteiger charge is 2.41. The summed E-state index contributed by atoms with van der Waals surface area (Å²) >= 11 is 1.36. The molecule has 0 saturated carbocycles. The van der Waals surface area contributed by atoms with Crippen LogP contribution in [0.4, 0.5) is 11.4 Å². The number of amides is 1. The number of benzene rings is 2. The number of likely N-dealkylation sites (N-methyl/N-ethyl adjacent to an activating group) is 1. The van der Waals surface area contributed by atoms with Crippen LogP contribution < -0.4 is 4.90 Å². The molecule has 10 heteroatoms. The van der Waals surface area contributed by atoms with Crippen LogP contribution in [-0.4, -0.2) is 62.6 Å². The molecule has 3 rings (SSSR count). The van der Waals surface area contributed by atoms with E-state index in [1.807, 2.05) is 32.8 Å². The lowest BCUT2D eigenvalue weighted by atomic mass is 10.0. The monoisotopic (exact) mass is 513 g/mol. The first-order chi connectivity index (χ1) is 17.1. The summed E-state index contributed by atoms with van der Waals surface area (Å²) in [6.07, 6.45) is -1.12. The molecule has 1 aliphatic heterocycles. The number of carbonyl (C=O) groups is 3. The van der Waals surface area contributed by atoms with E-state index in [0.29, 0.717) is 29.9 Å². The van der Waals surface area contributed by atoms with Gasteiger partial charge in [0.15, 0.2) is 6.10 Å². The molecule has 0 fully saturated rings. The van der Waals surface area contributed by atoms with Crippen molar-refractivity contribution in [3.63, 3.8) is 0 Å². The average Bonchev–Trinajstić information content (AvgIpc) is 2.95. The summed E-state index contributed by atoms with van der Waals surface area (Å²) in [5.41, 5.74) is 1.84. The van der Waals surface area contributed by atoms with Gasteiger partial charge >= 0.3 is 11.9 Å². The topological polar surface area (TPSA) is 106 Å². The Labute approximate surface area is 215 Å². The van der Waals surface area contributed by atoms with Crippen molar-refractivity contribution in [1.29, 1.82) is 0 Å². The number of nitrogens with zero attached hydrogens (tertiary/aromatic N) is 3. The average molecular weight is 514 g/mol. The summed E-state index contributed by atoms with van der Waals surface area (Å²) in [5, 5.41) is 2.35. The second-order valence-corrected chi connectivity index (χ2v) is 10.4. The van der Waals surface area contributed by atoms with Crippen molar-refractivity contribution in [1.82, 2.24) is 4.90 Å². The number of carbonyl (C=O) groups excluding carboxylic acids is 3. The fourth-order valence-electron chi connectivity index (χ4n) is 3.67. The van der Waals surface area contributed by atoms with Crippen LogP contribution in [0.5, 0.6) is 0 Å². The van der Waals surface area contributed by atoms with Crippen LogP contribution in [0.15, 0.2) is 52.5 Å². The van der Waals surface area contributed by atoms with Crippen molar-refractivity contribution in [2.45, 2.75) is 37.0 Å². The van der Waals surface area contributed by atoms with Crippen LogP contribution in [-0.2, 0) is 19.1 Å². The highest BCUT2D eigenvalue weighted by molar-refractivity contribution is 7.99. The van der Waals surface area contributed by atoms with E-state index in [9.17, 15) is 19.3 Å². The maximum absolute atomic E-state index is 13.9. The summed E-state index contributed by atoms with van der Waals surface area (Å²) in [5.74, 6) is -1.25. The Balaban J connectivity index is 2.09. The van der Waals surface area contributed by atoms with E-state index in [2.05, 4.69) is 5.18 Å². The summed E-state index contributed by atoms with van der Waals surface area (Å²) in [6.45, 7) is 6.33. The van der Waals surface area contributed by atoms with Crippen molar-refractivity contribution in [3.8, 4) is 0 Å². The molecule has 0 bridgehead atoms. The zero-order chi connectivity index (χ0) is 26.4. The van der Waals surface area contributed by atoms with Crippen molar-refractivity contribution in [2.24, 2.45) is 11.1 Å². The molecule has 2 aromatic carbocycles. The zero-order valence-electron chi connectivity index (χ0n) is 21.1. The maximum atomic E-state index is 13.9. The van der Waals surface area contributed by atoms with Crippen LogP contribution >= 0.6 is 11.8 Å². The van der Waals surface area contributed by atoms with Crippen LogP contribution in [0.25, 0.3) is 0 Å². The van der Waals surface area contributed by atoms with Crippen LogP contribution in [0.3, 0.4) is 0 Å². The first kappa shape index (κ1) is 27.3. The Morgan fingerprint density at radius 2 is 1.83 bits per heavy atom. The highest BCUT2D eigenvalue weighted by Crippen LogP contribution is 2.47. The quantitative estimate of drug-likeness (QED) is 0.355. The van der Waals surface area contributed by atoms with E-state index in [1.54, 1.807) is 47.4 Å². The van der Waals surface area contributed by atoms with E-state index in [4.69, 9.17) is 9.47 Å². The molecule has 9 nitrogen and oxygen atoms in total. The number of esters is 2. The molecule has 1 aliphatic rings. The summed E-state index contributed by atoms with van der Waals surface area (Å²) < 4.78 is 11.0. The fourth-order valence-corrected chi connectivity index (χ4v) is 4.97. The Kier molecular flexibility index (Phi) is 9.22. The van der Waals surface area contributed by atoms with Gasteiger partial charge in [0.05, 0.1) is 23.1 Å². The first-order valence-corrected chi connectivity index (χ1v) is 12.5. The molecule has 0 saturated heterocycles. The Morgan fingerprint density at radius 1 is 1.14 bits per heavy atom. The van der Waals surface area contributed by atoms with Gasteiger partial charge in [0.2, 0.25) is 0 Å². The number of anilines is 1. The van der Waals surface area contributed by atoms with Crippen LogP contribution in [0, 0.1) is 10.8 Å². The molecule has 36 heavy (non-hydrogen) atoms. The number of thioether (sulfide) groups is 1. The second kappa shape index (κ2) is 12.1. The van der Waals surface area contributed by atoms with Gasteiger partial charge < -0.3 is 19.3 Å². The third-order valence-corrected chi connectivity index (χ3v) is 6.83. The van der Waals surface area contributed by atoms with Crippen molar-refractivity contribution in [3.05, 3.63) is 58.5 Å².